The van der Waals surface area contributed by atoms with E-state index in [4.69, 9.17) is 21.7 Å². The van der Waals surface area contributed by atoms with Crippen LogP contribution in [0.3, 0.4) is 0 Å². The van der Waals surface area contributed by atoms with Crippen LogP contribution in [0.25, 0.3) is 0 Å². The summed E-state index contributed by atoms with van der Waals surface area (Å²) in [5, 5.41) is 4.01. The molecule has 20 heavy (non-hydrogen) atoms. The third-order valence-electron chi connectivity index (χ3n) is 3.30. The van der Waals surface area contributed by atoms with Crippen molar-refractivity contribution in [2.45, 2.75) is 33.0 Å². The molecular weight excluding hydrogens is 272 g/mol. The van der Waals surface area contributed by atoms with Crippen LogP contribution in [0.4, 0.5) is 5.69 Å². The number of aryl methyl sites for hydroxylation is 1. The highest BCUT2D eigenvalue weighted by Crippen LogP contribution is 2.26. The number of ether oxygens (including phenoxy) is 2. The van der Waals surface area contributed by atoms with Crippen LogP contribution in [-0.2, 0) is 4.74 Å². The summed E-state index contributed by atoms with van der Waals surface area (Å²) in [6.45, 7) is 7.80. The molecule has 5 heteroatoms. The Bertz CT molecular complexity index is 483. The predicted molar refractivity (Wildman–Crippen MR) is 85.5 cm³/mol. The zero-order valence-electron chi connectivity index (χ0n) is 12.5. The Kier molecular flexibility index (Phi) is 4.83. The zero-order valence-corrected chi connectivity index (χ0v) is 13.3. The lowest BCUT2D eigenvalue weighted by Crippen LogP contribution is -2.49. The summed E-state index contributed by atoms with van der Waals surface area (Å²) < 4.78 is 11.1. The molecule has 0 saturated carbocycles. The molecule has 0 amide bonds. The summed E-state index contributed by atoms with van der Waals surface area (Å²) in [5.41, 5.74) is 2.07. The van der Waals surface area contributed by atoms with Gasteiger partial charge in [-0.25, -0.2) is 0 Å². The van der Waals surface area contributed by atoms with Crippen molar-refractivity contribution in [2.24, 2.45) is 0 Å². The number of hydrogen-bond acceptors (Lipinski definition) is 3. The van der Waals surface area contributed by atoms with E-state index in [1.807, 2.05) is 25.1 Å². The highest BCUT2D eigenvalue weighted by Gasteiger charge is 2.24. The molecule has 1 saturated heterocycles. The first-order valence-corrected chi connectivity index (χ1v) is 7.26. The standard InChI is InChI=1S/C15H22N2O2S/c1-10-5-6-14(18-4)13(7-10)16-15(20)17-8-11(2)19-12(3)9-17/h5-7,11-12H,8-9H2,1-4H3,(H,16,20). The molecule has 1 fully saturated rings. The first-order valence-electron chi connectivity index (χ1n) is 6.85. The molecule has 1 heterocycles. The SMILES string of the molecule is COc1ccc(C)cc1NC(=S)N1CC(C)OC(C)C1. The van der Waals surface area contributed by atoms with Gasteiger partial charge in [-0.1, -0.05) is 6.07 Å². The first-order chi connectivity index (χ1) is 9.49. The van der Waals surface area contributed by atoms with Gasteiger partial charge in [0.05, 0.1) is 25.0 Å². The Morgan fingerprint density at radius 1 is 1.35 bits per heavy atom. The summed E-state index contributed by atoms with van der Waals surface area (Å²) in [5.74, 6) is 0.798. The van der Waals surface area contributed by atoms with Crippen molar-refractivity contribution in [3.8, 4) is 5.75 Å². The summed E-state index contributed by atoms with van der Waals surface area (Å²) in [4.78, 5) is 2.15. The Morgan fingerprint density at radius 2 is 2.00 bits per heavy atom. The number of thiocarbonyl (C=S) groups is 1. The Balaban J connectivity index is 2.09. The molecule has 0 aromatic heterocycles. The number of morpholine rings is 1. The van der Waals surface area contributed by atoms with Crippen molar-refractivity contribution in [1.29, 1.82) is 0 Å². The van der Waals surface area contributed by atoms with E-state index in [0.29, 0.717) is 0 Å². The van der Waals surface area contributed by atoms with Crippen LogP contribution in [0, 0.1) is 6.92 Å². The smallest absolute Gasteiger partial charge is 0.173 e. The van der Waals surface area contributed by atoms with Gasteiger partial charge in [0.25, 0.3) is 0 Å². The number of anilines is 1. The van der Waals surface area contributed by atoms with Crippen molar-refractivity contribution in [3.05, 3.63) is 23.8 Å². The van der Waals surface area contributed by atoms with Gasteiger partial charge in [-0.3, -0.25) is 0 Å². The Hall–Kier alpha value is -1.33. The number of hydrogen-bond donors (Lipinski definition) is 1. The minimum absolute atomic E-state index is 0.193. The van der Waals surface area contributed by atoms with Gasteiger partial charge in [-0.05, 0) is 50.7 Å². The number of rotatable bonds is 2. The lowest BCUT2D eigenvalue weighted by molar-refractivity contribution is -0.0473. The van der Waals surface area contributed by atoms with Crippen LogP contribution in [0.1, 0.15) is 19.4 Å². The molecule has 1 N–H and O–H groups in total. The molecule has 1 aromatic carbocycles. The van der Waals surface area contributed by atoms with Crippen molar-refractivity contribution in [1.82, 2.24) is 4.90 Å². The number of nitrogens with one attached hydrogen (secondary N) is 1. The topological polar surface area (TPSA) is 33.7 Å². The Labute approximate surface area is 126 Å². The van der Waals surface area contributed by atoms with Gasteiger partial charge in [-0.15, -0.1) is 0 Å². The summed E-state index contributed by atoms with van der Waals surface area (Å²) in [6.07, 6.45) is 0.385. The third-order valence-corrected chi connectivity index (χ3v) is 3.66. The van der Waals surface area contributed by atoms with Gasteiger partial charge in [-0.2, -0.15) is 0 Å². The largest absolute Gasteiger partial charge is 0.495 e. The number of methoxy groups -OCH3 is 1. The van der Waals surface area contributed by atoms with Gasteiger partial charge in [0.15, 0.2) is 5.11 Å². The summed E-state index contributed by atoms with van der Waals surface area (Å²) in [7, 11) is 1.66. The molecule has 2 rings (SSSR count). The predicted octanol–water partition coefficient (Wildman–Crippen LogP) is 2.81. The van der Waals surface area contributed by atoms with Crippen molar-refractivity contribution >= 4 is 23.0 Å². The average molecular weight is 294 g/mol. The van der Waals surface area contributed by atoms with Crippen LogP contribution in [0.15, 0.2) is 18.2 Å². The fourth-order valence-electron chi connectivity index (χ4n) is 2.46. The summed E-state index contributed by atoms with van der Waals surface area (Å²) in [6, 6.07) is 6.01. The van der Waals surface area contributed by atoms with E-state index in [2.05, 4.69) is 24.1 Å². The highest BCUT2D eigenvalue weighted by molar-refractivity contribution is 7.80. The first kappa shape index (κ1) is 15.1. The van der Waals surface area contributed by atoms with Gasteiger partial charge < -0.3 is 19.7 Å². The van der Waals surface area contributed by atoms with Crippen LogP contribution >= 0.6 is 12.2 Å². The van der Waals surface area contributed by atoms with Gasteiger partial charge >= 0.3 is 0 Å². The maximum atomic E-state index is 5.73. The van der Waals surface area contributed by atoms with E-state index in [-0.39, 0.29) is 12.2 Å². The van der Waals surface area contributed by atoms with Crippen molar-refractivity contribution in [3.63, 3.8) is 0 Å². The lowest BCUT2D eigenvalue weighted by Gasteiger charge is -2.37. The molecular formula is C15H22N2O2S. The van der Waals surface area contributed by atoms with E-state index in [1.165, 1.54) is 5.56 Å². The molecule has 4 nitrogen and oxygen atoms in total. The molecule has 0 bridgehead atoms. The van der Waals surface area contributed by atoms with E-state index >= 15 is 0 Å². The van der Waals surface area contributed by atoms with Gasteiger partial charge in [0.1, 0.15) is 5.75 Å². The molecule has 1 aromatic rings. The molecule has 2 unspecified atom stereocenters. The monoisotopic (exact) mass is 294 g/mol. The summed E-state index contributed by atoms with van der Waals surface area (Å²) >= 11 is 5.52. The minimum Gasteiger partial charge on any atom is -0.495 e. The second-order valence-corrected chi connectivity index (χ2v) is 5.68. The van der Waals surface area contributed by atoms with E-state index in [1.54, 1.807) is 7.11 Å². The van der Waals surface area contributed by atoms with Crippen LogP contribution in [-0.4, -0.2) is 42.4 Å². The maximum Gasteiger partial charge on any atom is 0.173 e. The molecule has 1 aliphatic heterocycles. The second kappa shape index (κ2) is 6.41. The van der Waals surface area contributed by atoms with Crippen molar-refractivity contribution in [2.75, 3.05) is 25.5 Å². The van der Waals surface area contributed by atoms with E-state index in [0.717, 1.165) is 29.6 Å². The molecule has 0 radical (unpaired) electrons. The zero-order chi connectivity index (χ0) is 14.7. The number of nitrogens with zero attached hydrogens (tertiary/aromatic N) is 1. The molecule has 2 atom stereocenters. The highest BCUT2D eigenvalue weighted by atomic mass is 32.1. The fraction of sp³-hybridized carbons (Fsp3) is 0.533. The van der Waals surface area contributed by atoms with Gasteiger partial charge in [0.2, 0.25) is 0 Å². The van der Waals surface area contributed by atoms with Crippen molar-refractivity contribution < 1.29 is 9.47 Å². The normalized spacial score (nSPS) is 22.5. The van der Waals surface area contributed by atoms with Crippen LogP contribution in [0.5, 0.6) is 5.75 Å². The lowest BCUT2D eigenvalue weighted by atomic mass is 10.2. The molecule has 1 aliphatic rings. The molecule has 110 valence electrons. The minimum atomic E-state index is 0.193. The fourth-order valence-corrected chi connectivity index (χ4v) is 2.72. The molecule has 0 spiro atoms. The van der Waals surface area contributed by atoms with Gasteiger partial charge in [0, 0.05) is 13.1 Å². The van der Waals surface area contributed by atoms with Crippen LogP contribution in [0.2, 0.25) is 0 Å². The Morgan fingerprint density at radius 3 is 2.60 bits per heavy atom. The second-order valence-electron chi connectivity index (χ2n) is 5.30. The van der Waals surface area contributed by atoms with E-state index in [9.17, 15) is 0 Å². The van der Waals surface area contributed by atoms with E-state index < -0.39 is 0 Å². The molecule has 0 aliphatic carbocycles. The quantitative estimate of drug-likeness (QED) is 0.848. The van der Waals surface area contributed by atoms with Crippen LogP contribution < -0.4 is 10.1 Å². The average Bonchev–Trinajstić information content (AvgIpc) is 2.37. The number of benzene rings is 1. The maximum absolute atomic E-state index is 5.73. The third kappa shape index (κ3) is 3.61.